The van der Waals surface area contributed by atoms with Crippen molar-refractivity contribution < 1.29 is 18.3 Å². The van der Waals surface area contributed by atoms with Crippen LogP contribution in [0, 0.1) is 17.1 Å². The van der Waals surface area contributed by atoms with Crippen LogP contribution in [0.3, 0.4) is 0 Å². The summed E-state index contributed by atoms with van der Waals surface area (Å²) in [7, 11) is 0. The van der Waals surface area contributed by atoms with Crippen LogP contribution in [-0.2, 0) is 0 Å². The van der Waals surface area contributed by atoms with Crippen LogP contribution in [0.1, 0.15) is 17.6 Å². The van der Waals surface area contributed by atoms with Gasteiger partial charge in [0.05, 0.1) is 17.2 Å². The molecular formula is C14H8F3NO. The fourth-order valence-corrected chi connectivity index (χ4v) is 1.76. The van der Waals surface area contributed by atoms with Gasteiger partial charge >= 0.3 is 0 Å². The molecule has 0 aliphatic rings. The molecular weight excluding hydrogens is 255 g/mol. The van der Waals surface area contributed by atoms with Gasteiger partial charge in [-0.05, 0) is 29.8 Å². The maximum absolute atomic E-state index is 13.1. The van der Waals surface area contributed by atoms with Crippen molar-refractivity contribution in [3.8, 4) is 22.9 Å². The Bertz CT molecular complexity index is 662. The summed E-state index contributed by atoms with van der Waals surface area (Å²) >= 11 is 0. The second kappa shape index (κ2) is 5.02. The van der Waals surface area contributed by atoms with E-state index in [-0.39, 0.29) is 16.7 Å². The molecule has 0 bridgehead atoms. The van der Waals surface area contributed by atoms with E-state index in [9.17, 15) is 18.3 Å². The third-order valence-electron chi connectivity index (χ3n) is 2.64. The van der Waals surface area contributed by atoms with Gasteiger partial charge in [0.1, 0.15) is 11.6 Å². The van der Waals surface area contributed by atoms with Gasteiger partial charge in [-0.2, -0.15) is 5.26 Å². The number of benzene rings is 2. The molecule has 19 heavy (non-hydrogen) atoms. The molecule has 0 amide bonds. The van der Waals surface area contributed by atoms with Crippen LogP contribution in [0.5, 0.6) is 5.75 Å². The molecule has 0 aliphatic carbocycles. The van der Waals surface area contributed by atoms with Crippen LogP contribution in [0.25, 0.3) is 11.1 Å². The molecule has 5 heteroatoms. The second-order valence-corrected chi connectivity index (χ2v) is 3.88. The van der Waals surface area contributed by atoms with Gasteiger partial charge in [-0.1, -0.05) is 12.1 Å². The molecule has 0 unspecified atom stereocenters. The van der Waals surface area contributed by atoms with E-state index in [1.165, 1.54) is 24.3 Å². The number of rotatable bonds is 2. The lowest BCUT2D eigenvalue weighted by atomic mass is 9.98. The van der Waals surface area contributed by atoms with Crippen molar-refractivity contribution in [1.82, 2.24) is 0 Å². The minimum Gasteiger partial charge on any atom is -0.507 e. The summed E-state index contributed by atoms with van der Waals surface area (Å²) in [5.41, 5.74) is -0.420. The van der Waals surface area contributed by atoms with Gasteiger partial charge < -0.3 is 5.11 Å². The molecule has 0 fully saturated rings. The van der Waals surface area contributed by atoms with Crippen LogP contribution in [0.2, 0.25) is 0 Å². The molecule has 0 atom stereocenters. The Morgan fingerprint density at radius 1 is 1.16 bits per heavy atom. The van der Waals surface area contributed by atoms with Gasteiger partial charge in [0.15, 0.2) is 0 Å². The lowest BCUT2D eigenvalue weighted by Crippen LogP contribution is -1.91. The zero-order valence-corrected chi connectivity index (χ0v) is 9.57. The first-order chi connectivity index (χ1) is 9.02. The van der Waals surface area contributed by atoms with Crippen molar-refractivity contribution in [3.63, 3.8) is 0 Å². The van der Waals surface area contributed by atoms with E-state index < -0.39 is 23.6 Å². The average molecular weight is 263 g/mol. The maximum Gasteiger partial charge on any atom is 0.267 e. The Morgan fingerprint density at radius 3 is 2.47 bits per heavy atom. The van der Waals surface area contributed by atoms with E-state index in [4.69, 9.17) is 5.26 Å². The van der Waals surface area contributed by atoms with Crippen molar-refractivity contribution in [2.24, 2.45) is 0 Å². The van der Waals surface area contributed by atoms with E-state index >= 15 is 0 Å². The summed E-state index contributed by atoms with van der Waals surface area (Å²) in [6.45, 7) is 0. The summed E-state index contributed by atoms with van der Waals surface area (Å²) in [5.74, 6) is -1.20. The lowest BCUT2D eigenvalue weighted by Gasteiger charge is -2.10. The minimum absolute atomic E-state index is 0.00819. The summed E-state index contributed by atoms with van der Waals surface area (Å²) in [6, 6.07) is 9.06. The zero-order chi connectivity index (χ0) is 14.0. The Hall–Kier alpha value is -2.48. The van der Waals surface area contributed by atoms with Gasteiger partial charge in [0.2, 0.25) is 0 Å². The van der Waals surface area contributed by atoms with Crippen LogP contribution >= 0.6 is 0 Å². The monoisotopic (exact) mass is 263 g/mol. The van der Waals surface area contributed by atoms with E-state index in [1.54, 1.807) is 6.07 Å². The predicted octanol–water partition coefficient (Wildman–Crippen LogP) is 4.01. The minimum atomic E-state index is -2.92. The van der Waals surface area contributed by atoms with Crippen molar-refractivity contribution in [3.05, 3.63) is 53.3 Å². The molecule has 0 spiro atoms. The number of hydrogen-bond acceptors (Lipinski definition) is 2. The van der Waals surface area contributed by atoms with Crippen LogP contribution in [0.4, 0.5) is 13.2 Å². The third-order valence-corrected chi connectivity index (χ3v) is 2.64. The Labute approximate surface area is 107 Å². The molecule has 0 radical (unpaired) electrons. The second-order valence-electron chi connectivity index (χ2n) is 3.88. The highest BCUT2D eigenvalue weighted by atomic mass is 19.3. The maximum atomic E-state index is 13.1. The van der Waals surface area contributed by atoms with Crippen LogP contribution < -0.4 is 0 Å². The average Bonchev–Trinajstić information content (AvgIpc) is 2.38. The fraction of sp³-hybridized carbons (Fsp3) is 0.0714. The first-order valence-electron chi connectivity index (χ1n) is 5.34. The van der Waals surface area contributed by atoms with Gasteiger partial charge in [-0.15, -0.1) is 0 Å². The van der Waals surface area contributed by atoms with Gasteiger partial charge in [-0.3, -0.25) is 0 Å². The van der Waals surface area contributed by atoms with Gasteiger partial charge in [-0.25, -0.2) is 13.2 Å². The topological polar surface area (TPSA) is 44.0 Å². The number of halogens is 3. The number of alkyl halides is 2. The van der Waals surface area contributed by atoms with Crippen LogP contribution in [0.15, 0.2) is 36.4 Å². The molecule has 2 rings (SSSR count). The number of aromatic hydroxyl groups is 1. The highest BCUT2D eigenvalue weighted by Gasteiger charge is 2.18. The number of hydrogen-bond donors (Lipinski definition) is 1. The predicted molar refractivity (Wildman–Crippen MR) is 63.2 cm³/mol. The van der Waals surface area contributed by atoms with Crippen molar-refractivity contribution in [2.75, 3.05) is 0 Å². The largest absolute Gasteiger partial charge is 0.507 e. The molecule has 2 aromatic rings. The Morgan fingerprint density at radius 2 is 1.89 bits per heavy atom. The number of nitriles is 1. The van der Waals surface area contributed by atoms with Crippen molar-refractivity contribution in [1.29, 1.82) is 5.26 Å². The van der Waals surface area contributed by atoms with Crippen molar-refractivity contribution >= 4 is 0 Å². The number of phenolic OH excluding ortho intramolecular Hbond substituents is 1. The molecule has 2 nitrogen and oxygen atoms in total. The van der Waals surface area contributed by atoms with E-state index in [1.807, 2.05) is 0 Å². The number of phenols is 1. The normalized spacial score (nSPS) is 10.5. The Kier molecular flexibility index (Phi) is 3.43. The van der Waals surface area contributed by atoms with Crippen molar-refractivity contribution in [2.45, 2.75) is 6.43 Å². The van der Waals surface area contributed by atoms with E-state index in [0.717, 1.165) is 12.1 Å². The summed E-state index contributed by atoms with van der Waals surface area (Å²) in [4.78, 5) is 0. The summed E-state index contributed by atoms with van der Waals surface area (Å²) in [5, 5.41) is 18.6. The SMILES string of the molecule is N#Cc1cc(-c2cccc(F)c2)c(O)c(C(F)F)c1. The highest BCUT2D eigenvalue weighted by Crippen LogP contribution is 2.38. The molecule has 0 heterocycles. The molecule has 96 valence electrons. The first kappa shape index (κ1) is 13.0. The standard InChI is InChI=1S/C14H8F3NO/c15-10-3-1-2-9(6-10)11-4-8(7-18)5-12(13(11)19)14(16)17/h1-6,14,19H. The van der Waals surface area contributed by atoms with Gasteiger partial charge in [0, 0.05) is 5.56 Å². The molecule has 0 aromatic heterocycles. The molecule has 2 aromatic carbocycles. The van der Waals surface area contributed by atoms with Crippen LogP contribution in [-0.4, -0.2) is 5.11 Å². The molecule has 0 aliphatic heterocycles. The molecule has 1 N–H and O–H groups in total. The summed E-state index contributed by atoms with van der Waals surface area (Å²) in [6.07, 6.45) is -2.92. The Balaban J connectivity index is 2.69. The zero-order valence-electron chi connectivity index (χ0n) is 9.57. The van der Waals surface area contributed by atoms with E-state index in [0.29, 0.717) is 0 Å². The van der Waals surface area contributed by atoms with E-state index in [2.05, 4.69) is 0 Å². The summed E-state index contributed by atoms with van der Waals surface area (Å²) < 4.78 is 38.7. The lowest BCUT2D eigenvalue weighted by molar-refractivity contribution is 0.147. The fourth-order valence-electron chi connectivity index (χ4n) is 1.76. The molecule has 0 saturated heterocycles. The number of nitrogens with zero attached hydrogens (tertiary/aromatic N) is 1. The van der Waals surface area contributed by atoms with Gasteiger partial charge in [0.25, 0.3) is 6.43 Å². The smallest absolute Gasteiger partial charge is 0.267 e. The quantitative estimate of drug-likeness (QED) is 0.889. The highest BCUT2D eigenvalue weighted by molar-refractivity contribution is 5.73. The molecule has 0 saturated carbocycles. The third kappa shape index (κ3) is 2.52. The first-order valence-corrected chi connectivity index (χ1v) is 5.34.